The minimum Gasteiger partial charge on any atom is -0.394 e. The van der Waals surface area contributed by atoms with Crippen LogP contribution in [0.3, 0.4) is 0 Å². The van der Waals surface area contributed by atoms with Gasteiger partial charge in [-0.05, 0) is 12.8 Å². The number of nitrogens with one attached hydrogen (secondary N) is 1. The zero-order chi connectivity index (χ0) is 9.19. The van der Waals surface area contributed by atoms with E-state index in [-0.39, 0.29) is 24.0 Å². The second-order valence-corrected chi connectivity index (χ2v) is 3.56. The lowest BCUT2D eigenvalue weighted by Gasteiger charge is -2.16. The van der Waals surface area contributed by atoms with Crippen LogP contribution in [-0.2, 0) is 4.79 Å². The van der Waals surface area contributed by atoms with Crippen LogP contribution >= 0.6 is 0 Å². The third-order valence-corrected chi connectivity index (χ3v) is 2.35. The fourth-order valence-corrected chi connectivity index (χ4v) is 0.965. The highest BCUT2D eigenvalue weighted by atomic mass is 16.3. The summed E-state index contributed by atoms with van der Waals surface area (Å²) in [4.78, 5) is 11.3. The summed E-state index contributed by atoms with van der Waals surface area (Å²) >= 11 is 0. The van der Waals surface area contributed by atoms with Crippen LogP contribution in [0.4, 0.5) is 0 Å². The standard InChI is InChI=1S/C8H16N2O2/c1-6(4-9)7(12)10-8(5-11)2-3-8/h6,11H,2-5,9H2,1H3,(H,10,12). The molecule has 1 amide bonds. The zero-order valence-corrected chi connectivity index (χ0v) is 7.34. The highest BCUT2D eigenvalue weighted by Gasteiger charge is 2.43. The Labute approximate surface area is 72.1 Å². The Morgan fingerprint density at radius 2 is 2.33 bits per heavy atom. The Hall–Kier alpha value is -0.610. The smallest absolute Gasteiger partial charge is 0.224 e. The first-order valence-corrected chi connectivity index (χ1v) is 4.26. The largest absolute Gasteiger partial charge is 0.394 e. The molecular weight excluding hydrogens is 156 g/mol. The van der Waals surface area contributed by atoms with E-state index >= 15 is 0 Å². The van der Waals surface area contributed by atoms with Gasteiger partial charge in [0.2, 0.25) is 5.91 Å². The molecule has 4 nitrogen and oxygen atoms in total. The molecule has 1 saturated carbocycles. The van der Waals surface area contributed by atoms with Crippen molar-refractivity contribution in [3.63, 3.8) is 0 Å². The first-order valence-electron chi connectivity index (χ1n) is 4.26. The summed E-state index contributed by atoms with van der Waals surface area (Å²) in [6, 6.07) is 0. The van der Waals surface area contributed by atoms with Crippen LogP contribution < -0.4 is 11.1 Å². The maximum atomic E-state index is 11.3. The van der Waals surface area contributed by atoms with Gasteiger partial charge in [0.1, 0.15) is 0 Å². The third kappa shape index (κ3) is 1.95. The van der Waals surface area contributed by atoms with Gasteiger partial charge in [-0.15, -0.1) is 0 Å². The van der Waals surface area contributed by atoms with Crippen molar-refractivity contribution in [2.45, 2.75) is 25.3 Å². The third-order valence-electron chi connectivity index (χ3n) is 2.35. The van der Waals surface area contributed by atoms with Gasteiger partial charge >= 0.3 is 0 Å². The average molecular weight is 172 g/mol. The second kappa shape index (κ2) is 3.41. The number of rotatable bonds is 4. The van der Waals surface area contributed by atoms with Crippen molar-refractivity contribution in [2.75, 3.05) is 13.2 Å². The summed E-state index contributed by atoms with van der Waals surface area (Å²) in [6.45, 7) is 2.17. The van der Waals surface area contributed by atoms with E-state index < -0.39 is 0 Å². The van der Waals surface area contributed by atoms with Crippen LogP contribution in [-0.4, -0.2) is 29.7 Å². The molecule has 70 valence electrons. The number of hydrogen-bond donors (Lipinski definition) is 3. The molecular formula is C8H16N2O2. The van der Waals surface area contributed by atoms with E-state index in [1.54, 1.807) is 6.92 Å². The van der Waals surface area contributed by atoms with Crippen LogP contribution in [0.25, 0.3) is 0 Å². The summed E-state index contributed by atoms with van der Waals surface area (Å²) < 4.78 is 0. The van der Waals surface area contributed by atoms with E-state index in [0.717, 1.165) is 12.8 Å². The lowest BCUT2D eigenvalue weighted by atomic mass is 10.1. The van der Waals surface area contributed by atoms with Crippen LogP contribution in [0.5, 0.6) is 0 Å². The Balaban J connectivity index is 2.36. The summed E-state index contributed by atoms with van der Waals surface area (Å²) in [5, 5.41) is 11.7. The van der Waals surface area contributed by atoms with Crippen molar-refractivity contribution in [3.8, 4) is 0 Å². The van der Waals surface area contributed by atoms with Crippen molar-refractivity contribution < 1.29 is 9.90 Å². The molecule has 4 N–H and O–H groups in total. The van der Waals surface area contributed by atoms with Crippen molar-refractivity contribution in [2.24, 2.45) is 11.7 Å². The number of nitrogens with two attached hydrogens (primary N) is 1. The maximum Gasteiger partial charge on any atom is 0.224 e. The summed E-state index contributed by atoms with van der Waals surface area (Å²) in [5.74, 6) is -0.210. The molecule has 0 aromatic heterocycles. The minimum atomic E-state index is -0.305. The van der Waals surface area contributed by atoms with Crippen molar-refractivity contribution >= 4 is 5.91 Å². The Kier molecular flexibility index (Phi) is 2.69. The van der Waals surface area contributed by atoms with Gasteiger partial charge in [0.15, 0.2) is 0 Å². The number of amides is 1. The molecule has 0 aromatic rings. The first-order chi connectivity index (χ1) is 5.63. The molecule has 1 atom stereocenters. The number of carbonyl (C=O) groups is 1. The van der Waals surface area contributed by atoms with Gasteiger partial charge in [-0.2, -0.15) is 0 Å². The van der Waals surface area contributed by atoms with Crippen LogP contribution in [0.15, 0.2) is 0 Å². The van der Waals surface area contributed by atoms with E-state index in [0.29, 0.717) is 6.54 Å². The van der Waals surface area contributed by atoms with E-state index in [1.807, 2.05) is 0 Å². The zero-order valence-electron chi connectivity index (χ0n) is 7.34. The van der Waals surface area contributed by atoms with Crippen LogP contribution in [0, 0.1) is 5.92 Å². The Morgan fingerprint density at radius 3 is 2.67 bits per heavy atom. The van der Waals surface area contributed by atoms with Crippen LogP contribution in [0.2, 0.25) is 0 Å². The fourth-order valence-electron chi connectivity index (χ4n) is 0.965. The van der Waals surface area contributed by atoms with Gasteiger partial charge in [-0.1, -0.05) is 6.92 Å². The molecule has 1 rings (SSSR count). The molecule has 1 aliphatic carbocycles. The molecule has 1 fully saturated rings. The van der Waals surface area contributed by atoms with Crippen molar-refractivity contribution in [3.05, 3.63) is 0 Å². The number of hydrogen-bond acceptors (Lipinski definition) is 3. The summed E-state index contributed by atoms with van der Waals surface area (Å²) in [6.07, 6.45) is 1.76. The molecule has 0 saturated heterocycles. The lowest BCUT2D eigenvalue weighted by Crippen LogP contribution is -2.43. The molecule has 0 bridgehead atoms. The molecule has 4 heteroatoms. The molecule has 0 aromatic carbocycles. The molecule has 0 heterocycles. The van der Waals surface area contributed by atoms with Crippen molar-refractivity contribution in [1.82, 2.24) is 5.32 Å². The predicted molar refractivity (Wildman–Crippen MR) is 45.4 cm³/mol. The number of carbonyl (C=O) groups excluding carboxylic acids is 1. The van der Waals surface area contributed by atoms with Gasteiger partial charge in [0.05, 0.1) is 12.1 Å². The highest BCUT2D eigenvalue weighted by Crippen LogP contribution is 2.34. The fraction of sp³-hybridized carbons (Fsp3) is 0.875. The van der Waals surface area contributed by atoms with E-state index in [2.05, 4.69) is 5.32 Å². The topological polar surface area (TPSA) is 75.4 Å². The van der Waals surface area contributed by atoms with E-state index in [1.165, 1.54) is 0 Å². The summed E-state index contributed by atoms with van der Waals surface area (Å²) in [5.41, 5.74) is 5.03. The predicted octanol–water partition coefficient (Wildman–Crippen LogP) is -0.778. The average Bonchev–Trinajstić information content (AvgIpc) is 2.84. The van der Waals surface area contributed by atoms with Gasteiger partial charge in [0.25, 0.3) is 0 Å². The summed E-state index contributed by atoms with van der Waals surface area (Å²) in [7, 11) is 0. The monoisotopic (exact) mass is 172 g/mol. The molecule has 0 spiro atoms. The van der Waals surface area contributed by atoms with Gasteiger partial charge in [-0.25, -0.2) is 0 Å². The minimum absolute atomic E-state index is 0.0377. The molecule has 0 aliphatic heterocycles. The Bertz CT molecular complexity index is 178. The van der Waals surface area contributed by atoms with Crippen LogP contribution in [0.1, 0.15) is 19.8 Å². The van der Waals surface area contributed by atoms with Gasteiger partial charge < -0.3 is 16.2 Å². The van der Waals surface area contributed by atoms with Gasteiger partial charge in [-0.3, -0.25) is 4.79 Å². The molecule has 0 radical (unpaired) electrons. The van der Waals surface area contributed by atoms with Gasteiger partial charge in [0, 0.05) is 12.5 Å². The number of aliphatic hydroxyl groups is 1. The van der Waals surface area contributed by atoms with E-state index in [9.17, 15) is 4.79 Å². The van der Waals surface area contributed by atoms with Crippen molar-refractivity contribution in [1.29, 1.82) is 0 Å². The second-order valence-electron chi connectivity index (χ2n) is 3.56. The molecule has 12 heavy (non-hydrogen) atoms. The molecule has 1 unspecified atom stereocenters. The van der Waals surface area contributed by atoms with E-state index in [4.69, 9.17) is 10.8 Å². The maximum absolute atomic E-state index is 11.3. The molecule has 1 aliphatic rings. The lowest BCUT2D eigenvalue weighted by molar-refractivity contribution is -0.125. The SMILES string of the molecule is CC(CN)C(=O)NC1(CO)CC1. The number of aliphatic hydroxyl groups excluding tert-OH is 1. The quantitative estimate of drug-likeness (QED) is 0.521. The Morgan fingerprint density at radius 1 is 1.75 bits per heavy atom. The normalized spacial score (nSPS) is 21.6. The highest BCUT2D eigenvalue weighted by molar-refractivity contribution is 5.79. The first kappa shape index (κ1) is 9.48.